The molecule has 1 aromatic rings. The Kier molecular flexibility index (Phi) is 5.33. The van der Waals surface area contributed by atoms with Gasteiger partial charge in [-0.3, -0.25) is 4.98 Å². The van der Waals surface area contributed by atoms with Gasteiger partial charge in [0.15, 0.2) is 0 Å². The highest BCUT2D eigenvalue weighted by atomic mass is 14.6. The first-order valence-electron chi connectivity index (χ1n) is 5.86. The van der Waals surface area contributed by atoms with E-state index in [4.69, 9.17) is 5.73 Å². The summed E-state index contributed by atoms with van der Waals surface area (Å²) in [5, 5.41) is 0. The molecule has 1 aromatic heterocycles. The zero-order chi connectivity index (χ0) is 11.1. The fraction of sp³-hybridized carbons (Fsp3) is 0.615. The monoisotopic (exact) mass is 206 g/mol. The van der Waals surface area contributed by atoms with Gasteiger partial charge in [0.05, 0.1) is 0 Å². The van der Waals surface area contributed by atoms with E-state index in [-0.39, 0.29) is 0 Å². The van der Waals surface area contributed by atoms with Gasteiger partial charge in [-0.25, -0.2) is 0 Å². The fourth-order valence-electron chi connectivity index (χ4n) is 1.76. The van der Waals surface area contributed by atoms with Crippen LogP contribution in [0.15, 0.2) is 24.5 Å². The van der Waals surface area contributed by atoms with E-state index >= 15 is 0 Å². The van der Waals surface area contributed by atoms with Crippen LogP contribution >= 0.6 is 0 Å². The molecule has 84 valence electrons. The topological polar surface area (TPSA) is 38.9 Å². The molecular weight excluding hydrogens is 184 g/mol. The van der Waals surface area contributed by atoms with Crippen molar-refractivity contribution in [3.8, 4) is 0 Å². The molecule has 0 saturated carbocycles. The lowest BCUT2D eigenvalue weighted by Crippen LogP contribution is -2.21. The number of nitrogens with zero attached hydrogens (tertiary/aromatic N) is 1. The third kappa shape index (κ3) is 4.93. The van der Waals surface area contributed by atoms with E-state index in [0.29, 0.717) is 12.0 Å². The largest absolute Gasteiger partial charge is 0.328 e. The van der Waals surface area contributed by atoms with Crippen LogP contribution in [-0.2, 0) is 6.42 Å². The van der Waals surface area contributed by atoms with Crippen LogP contribution in [0.3, 0.4) is 0 Å². The molecule has 0 aliphatic heterocycles. The molecule has 0 radical (unpaired) electrons. The predicted octanol–water partition coefficient (Wildman–Crippen LogP) is 2.78. The van der Waals surface area contributed by atoms with Crippen LogP contribution in [-0.4, -0.2) is 11.0 Å². The molecule has 0 aromatic carbocycles. The molecule has 1 rings (SSSR count). The van der Waals surface area contributed by atoms with Crippen molar-refractivity contribution in [3.05, 3.63) is 30.1 Å². The molecule has 2 nitrogen and oxygen atoms in total. The number of aromatic nitrogens is 1. The zero-order valence-electron chi connectivity index (χ0n) is 9.82. The van der Waals surface area contributed by atoms with E-state index in [1.165, 1.54) is 12.0 Å². The van der Waals surface area contributed by atoms with Crippen molar-refractivity contribution in [2.75, 3.05) is 0 Å². The first kappa shape index (κ1) is 12.2. The highest BCUT2D eigenvalue weighted by Crippen LogP contribution is 2.14. The second-order valence-electron chi connectivity index (χ2n) is 4.41. The summed E-state index contributed by atoms with van der Waals surface area (Å²) in [5.41, 5.74) is 7.26. The van der Waals surface area contributed by atoms with Crippen molar-refractivity contribution in [1.82, 2.24) is 4.98 Å². The Morgan fingerprint density at radius 1 is 1.47 bits per heavy atom. The SMILES string of the molecule is CCC(N)CC(C)CCc1cccnc1. The Bertz CT molecular complexity index is 258. The molecule has 2 N–H and O–H groups in total. The van der Waals surface area contributed by atoms with Gasteiger partial charge in [-0.2, -0.15) is 0 Å². The van der Waals surface area contributed by atoms with Crippen molar-refractivity contribution >= 4 is 0 Å². The smallest absolute Gasteiger partial charge is 0.0299 e. The number of pyridine rings is 1. The molecule has 0 aliphatic carbocycles. The summed E-state index contributed by atoms with van der Waals surface area (Å²) in [4.78, 5) is 4.12. The minimum absolute atomic E-state index is 0.369. The Hall–Kier alpha value is -0.890. The van der Waals surface area contributed by atoms with Gasteiger partial charge >= 0.3 is 0 Å². The minimum Gasteiger partial charge on any atom is -0.328 e. The quantitative estimate of drug-likeness (QED) is 0.777. The first-order valence-corrected chi connectivity index (χ1v) is 5.86. The second kappa shape index (κ2) is 6.57. The molecule has 2 unspecified atom stereocenters. The van der Waals surface area contributed by atoms with Crippen LogP contribution in [0.5, 0.6) is 0 Å². The number of hydrogen-bond acceptors (Lipinski definition) is 2. The van der Waals surface area contributed by atoms with Gasteiger partial charge in [-0.1, -0.05) is 19.9 Å². The third-order valence-corrected chi connectivity index (χ3v) is 2.88. The van der Waals surface area contributed by atoms with Crippen molar-refractivity contribution < 1.29 is 0 Å². The van der Waals surface area contributed by atoms with Gasteiger partial charge in [0, 0.05) is 18.4 Å². The lowest BCUT2D eigenvalue weighted by atomic mass is 9.94. The average molecular weight is 206 g/mol. The van der Waals surface area contributed by atoms with E-state index in [0.717, 1.165) is 19.3 Å². The van der Waals surface area contributed by atoms with E-state index in [1.807, 2.05) is 18.5 Å². The Balaban J connectivity index is 2.25. The summed E-state index contributed by atoms with van der Waals surface area (Å²) in [6, 6.07) is 4.51. The maximum Gasteiger partial charge on any atom is 0.0299 e. The maximum absolute atomic E-state index is 5.93. The summed E-state index contributed by atoms with van der Waals surface area (Å²) in [5.74, 6) is 0.708. The predicted molar refractivity (Wildman–Crippen MR) is 64.6 cm³/mol. The van der Waals surface area contributed by atoms with E-state index in [9.17, 15) is 0 Å². The number of nitrogens with two attached hydrogens (primary N) is 1. The molecule has 0 spiro atoms. The van der Waals surface area contributed by atoms with E-state index < -0.39 is 0 Å². The van der Waals surface area contributed by atoms with Gasteiger partial charge in [-0.05, 0) is 43.2 Å². The van der Waals surface area contributed by atoms with Gasteiger partial charge < -0.3 is 5.73 Å². The molecular formula is C13H22N2. The fourth-order valence-corrected chi connectivity index (χ4v) is 1.76. The van der Waals surface area contributed by atoms with Crippen LogP contribution < -0.4 is 5.73 Å². The molecule has 0 saturated heterocycles. The molecule has 0 aliphatic rings. The molecule has 0 bridgehead atoms. The third-order valence-electron chi connectivity index (χ3n) is 2.88. The van der Waals surface area contributed by atoms with Crippen molar-refractivity contribution in [3.63, 3.8) is 0 Å². The Morgan fingerprint density at radius 3 is 2.87 bits per heavy atom. The zero-order valence-corrected chi connectivity index (χ0v) is 9.82. The lowest BCUT2D eigenvalue weighted by Gasteiger charge is -2.15. The van der Waals surface area contributed by atoms with E-state index in [1.54, 1.807) is 0 Å². The van der Waals surface area contributed by atoms with Crippen LogP contribution in [0.4, 0.5) is 0 Å². The average Bonchev–Trinajstić information content (AvgIpc) is 2.27. The maximum atomic E-state index is 5.93. The van der Waals surface area contributed by atoms with Gasteiger partial charge in [-0.15, -0.1) is 0 Å². The van der Waals surface area contributed by atoms with Crippen molar-refractivity contribution in [2.45, 2.75) is 45.6 Å². The van der Waals surface area contributed by atoms with E-state index in [2.05, 4.69) is 24.9 Å². The van der Waals surface area contributed by atoms with Crippen LogP contribution in [0, 0.1) is 5.92 Å². The minimum atomic E-state index is 0.369. The van der Waals surface area contributed by atoms with Gasteiger partial charge in [0.2, 0.25) is 0 Å². The Labute approximate surface area is 92.9 Å². The van der Waals surface area contributed by atoms with Crippen molar-refractivity contribution in [1.29, 1.82) is 0 Å². The first-order chi connectivity index (χ1) is 7.22. The Morgan fingerprint density at radius 2 is 2.27 bits per heavy atom. The van der Waals surface area contributed by atoms with Gasteiger partial charge in [0.25, 0.3) is 0 Å². The highest BCUT2D eigenvalue weighted by Gasteiger charge is 2.07. The molecule has 2 heteroatoms. The number of hydrogen-bond donors (Lipinski definition) is 1. The van der Waals surface area contributed by atoms with Crippen LogP contribution in [0.1, 0.15) is 38.7 Å². The van der Waals surface area contributed by atoms with Crippen molar-refractivity contribution in [2.24, 2.45) is 11.7 Å². The summed E-state index contributed by atoms with van der Waals surface area (Å²) >= 11 is 0. The van der Waals surface area contributed by atoms with Crippen LogP contribution in [0.2, 0.25) is 0 Å². The molecule has 0 amide bonds. The molecule has 0 fully saturated rings. The second-order valence-corrected chi connectivity index (χ2v) is 4.41. The summed E-state index contributed by atoms with van der Waals surface area (Å²) in [7, 11) is 0. The molecule has 15 heavy (non-hydrogen) atoms. The highest BCUT2D eigenvalue weighted by molar-refractivity contribution is 5.08. The summed E-state index contributed by atoms with van der Waals surface area (Å²) in [6.45, 7) is 4.43. The molecule has 1 heterocycles. The van der Waals surface area contributed by atoms with Crippen LogP contribution in [0.25, 0.3) is 0 Å². The standard InChI is InChI=1S/C13H22N2/c1-3-13(14)9-11(2)6-7-12-5-4-8-15-10-12/h4-5,8,10-11,13H,3,6-7,9,14H2,1-2H3. The summed E-state index contributed by atoms with van der Waals surface area (Å²) < 4.78 is 0. The summed E-state index contributed by atoms with van der Waals surface area (Å²) in [6.07, 6.45) is 8.31. The molecule has 2 atom stereocenters. The number of rotatable bonds is 6. The number of aryl methyl sites for hydroxylation is 1. The lowest BCUT2D eigenvalue weighted by molar-refractivity contribution is 0.431. The normalized spacial score (nSPS) is 14.9. The van der Waals surface area contributed by atoms with Gasteiger partial charge in [0.1, 0.15) is 0 Å².